The summed E-state index contributed by atoms with van der Waals surface area (Å²) < 4.78 is 5.32. The number of esters is 1. The predicted molar refractivity (Wildman–Crippen MR) is 100 cm³/mol. The zero-order valence-electron chi connectivity index (χ0n) is 14.4. The molecular formula is C20H14N2O6. The van der Waals surface area contributed by atoms with E-state index >= 15 is 0 Å². The van der Waals surface area contributed by atoms with E-state index in [1.165, 1.54) is 0 Å². The van der Waals surface area contributed by atoms with Crippen LogP contribution in [0.25, 0.3) is 0 Å². The highest BCUT2D eigenvalue weighted by molar-refractivity contribution is 5.84. The number of nitro benzene ring substituents is 2. The number of hydrogen-bond donors (Lipinski definition) is 0. The lowest BCUT2D eigenvalue weighted by molar-refractivity contribution is -0.394. The fourth-order valence-corrected chi connectivity index (χ4v) is 2.77. The Hall–Kier alpha value is -4.07. The van der Waals surface area contributed by atoms with Crippen LogP contribution in [0.4, 0.5) is 11.4 Å². The van der Waals surface area contributed by atoms with Crippen molar-refractivity contribution in [1.29, 1.82) is 0 Å². The lowest BCUT2D eigenvalue weighted by atomic mass is 9.91. The zero-order chi connectivity index (χ0) is 20.1. The van der Waals surface area contributed by atoms with Crippen molar-refractivity contribution in [2.45, 2.75) is 5.92 Å². The number of carbonyl (C=O) groups is 1. The van der Waals surface area contributed by atoms with Gasteiger partial charge in [-0.15, -0.1) is 0 Å². The van der Waals surface area contributed by atoms with Crippen molar-refractivity contribution < 1.29 is 19.4 Å². The molecule has 0 unspecified atom stereocenters. The van der Waals surface area contributed by atoms with Crippen molar-refractivity contribution >= 4 is 17.3 Å². The smallest absolute Gasteiger partial charge is 0.323 e. The number of nitrogens with zero attached hydrogens (tertiary/aromatic N) is 2. The van der Waals surface area contributed by atoms with Gasteiger partial charge in [-0.2, -0.15) is 0 Å². The van der Waals surface area contributed by atoms with Gasteiger partial charge >= 0.3 is 5.97 Å². The van der Waals surface area contributed by atoms with Crippen molar-refractivity contribution in [1.82, 2.24) is 0 Å². The van der Waals surface area contributed by atoms with Gasteiger partial charge in [0, 0.05) is 0 Å². The summed E-state index contributed by atoms with van der Waals surface area (Å²) in [5.41, 5.74) is 0.262. The molecule has 140 valence electrons. The lowest BCUT2D eigenvalue weighted by Crippen LogP contribution is -2.20. The van der Waals surface area contributed by atoms with E-state index in [2.05, 4.69) is 0 Å². The highest BCUT2D eigenvalue weighted by Gasteiger charge is 2.26. The van der Waals surface area contributed by atoms with E-state index < -0.39 is 33.1 Å². The Labute approximate surface area is 159 Å². The summed E-state index contributed by atoms with van der Waals surface area (Å²) in [4.78, 5) is 33.4. The summed E-state index contributed by atoms with van der Waals surface area (Å²) >= 11 is 0. The molecule has 0 heterocycles. The second kappa shape index (κ2) is 8.09. The Morgan fingerprint density at radius 3 is 1.57 bits per heavy atom. The van der Waals surface area contributed by atoms with Gasteiger partial charge in [-0.25, -0.2) is 0 Å². The molecule has 0 saturated heterocycles. The Bertz CT molecular complexity index is 950. The SMILES string of the molecule is O=C(Oc1cc([N+](=O)[O-])cc([N+](=O)[O-])c1)C(c1ccccc1)c1ccccc1. The third kappa shape index (κ3) is 4.18. The first-order valence-corrected chi connectivity index (χ1v) is 8.21. The van der Waals surface area contributed by atoms with E-state index in [4.69, 9.17) is 4.74 Å². The molecule has 0 aliphatic carbocycles. The standard InChI is InChI=1S/C20H14N2O6/c23-20(28-18-12-16(21(24)25)11-17(13-18)22(26)27)19(14-7-3-1-4-8-14)15-9-5-2-6-10-15/h1-13,19H. The van der Waals surface area contributed by atoms with E-state index in [-0.39, 0.29) is 5.75 Å². The van der Waals surface area contributed by atoms with Crippen molar-refractivity contribution in [3.05, 3.63) is 110 Å². The van der Waals surface area contributed by atoms with Crippen LogP contribution in [0.2, 0.25) is 0 Å². The second-order valence-corrected chi connectivity index (χ2v) is 5.87. The second-order valence-electron chi connectivity index (χ2n) is 5.87. The van der Waals surface area contributed by atoms with Gasteiger partial charge in [0.25, 0.3) is 11.4 Å². The van der Waals surface area contributed by atoms with Crippen LogP contribution in [-0.4, -0.2) is 15.8 Å². The van der Waals surface area contributed by atoms with Crippen molar-refractivity contribution in [3.8, 4) is 5.75 Å². The topological polar surface area (TPSA) is 113 Å². The Morgan fingerprint density at radius 2 is 1.18 bits per heavy atom. The Kier molecular flexibility index (Phi) is 5.40. The first-order valence-electron chi connectivity index (χ1n) is 8.21. The monoisotopic (exact) mass is 378 g/mol. The molecule has 3 aromatic carbocycles. The van der Waals surface area contributed by atoms with Gasteiger partial charge in [0.2, 0.25) is 0 Å². The molecule has 0 amide bonds. The molecule has 0 N–H and O–H groups in total. The van der Waals surface area contributed by atoms with Crippen LogP contribution in [-0.2, 0) is 4.79 Å². The Morgan fingerprint density at radius 1 is 0.750 bits per heavy atom. The van der Waals surface area contributed by atoms with Gasteiger partial charge in [-0.1, -0.05) is 60.7 Å². The minimum absolute atomic E-state index is 0.261. The molecule has 0 aromatic heterocycles. The number of non-ortho nitro benzene ring substituents is 2. The molecule has 0 spiro atoms. The molecule has 8 nitrogen and oxygen atoms in total. The summed E-state index contributed by atoms with van der Waals surface area (Å²) in [6.07, 6.45) is 0. The number of nitro groups is 2. The summed E-state index contributed by atoms with van der Waals surface area (Å²) in [5.74, 6) is -1.75. The molecule has 3 aromatic rings. The van der Waals surface area contributed by atoms with E-state index in [1.807, 2.05) is 0 Å². The molecule has 8 heteroatoms. The molecule has 0 radical (unpaired) electrons. The van der Waals surface area contributed by atoms with E-state index in [0.29, 0.717) is 11.1 Å². The third-order valence-electron chi connectivity index (χ3n) is 4.02. The van der Waals surface area contributed by atoms with Crippen LogP contribution in [0.1, 0.15) is 17.0 Å². The molecule has 0 aliphatic rings. The van der Waals surface area contributed by atoms with E-state index in [1.54, 1.807) is 60.7 Å². The normalized spacial score (nSPS) is 10.5. The van der Waals surface area contributed by atoms with Crippen LogP contribution >= 0.6 is 0 Å². The van der Waals surface area contributed by atoms with Crippen LogP contribution in [0, 0.1) is 20.2 Å². The highest BCUT2D eigenvalue weighted by atomic mass is 16.6. The molecular weight excluding hydrogens is 364 g/mol. The van der Waals surface area contributed by atoms with Gasteiger partial charge in [-0.05, 0) is 11.1 Å². The number of rotatable bonds is 6. The first-order chi connectivity index (χ1) is 13.5. The minimum Gasteiger partial charge on any atom is -0.425 e. The molecule has 0 fully saturated rings. The third-order valence-corrected chi connectivity index (χ3v) is 4.02. The summed E-state index contributed by atoms with van der Waals surface area (Å²) in [6.45, 7) is 0. The first kappa shape index (κ1) is 18.7. The molecule has 0 aliphatic heterocycles. The highest BCUT2D eigenvalue weighted by Crippen LogP contribution is 2.31. The van der Waals surface area contributed by atoms with Gasteiger partial charge in [0.15, 0.2) is 0 Å². The maximum Gasteiger partial charge on any atom is 0.323 e. The summed E-state index contributed by atoms with van der Waals surface area (Å²) in [5, 5.41) is 22.1. The Balaban J connectivity index is 1.99. The molecule has 0 bridgehead atoms. The number of benzene rings is 3. The maximum atomic E-state index is 12.9. The van der Waals surface area contributed by atoms with Gasteiger partial charge in [0.05, 0.1) is 28.0 Å². The van der Waals surface area contributed by atoms with Crippen molar-refractivity contribution in [2.75, 3.05) is 0 Å². The maximum absolute atomic E-state index is 12.9. The summed E-state index contributed by atoms with van der Waals surface area (Å²) in [7, 11) is 0. The molecule has 0 atom stereocenters. The minimum atomic E-state index is -0.791. The lowest BCUT2D eigenvalue weighted by Gasteiger charge is -2.16. The number of ether oxygens (including phenoxy) is 1. The number of carbonyl (C=O) groups excluding carboxylic acids is 1. The van der Waals surface area contributed by atoms with E-state index in [9.17, 15) is 25.0 Å². The zero-order valence-corrected chi connectivity index (χ0v) is 14.4. The van der Waals surface area contributed by atoms with Crippen LogP contribution in [0.15, 0.2) is 78.9 Å². The largest absolute Gasteiger partial charge is 0.425 e. The van der Waals surface area contributed by atoms with Crippen LogP contribution in [0.5, 0.6) is 5.75 Å². The van der Waals surface area contributed by atoms with Gasteiger partial charge < -0.3 is 4.74 Å². The molecule has 28 heavy (non-hydrogen) atoms. The summed E-state index contributed by atoms with van der Waals surface area (Å²) in [6, 6.07) is 20.5. The predicted octanol–water partition coefficient (Wildman–Crippen LogP) is 4.24. The fourth-order valence-electron chi connectivity index (χ4n) is 2.77. The molecule has 0 saturated carbocycles. The van der Waals surface area contributed by atoms with Crippen molar-refractivity contribution in [3.63, 3.8) is 0 Å². The average molecular weight is 378 g/mol. The van der Waals surface area contributed by atoms with Gasteiger partial charge in [-0.3, -0.25) is 25.0 Å². The van der Waals surface area contributed by atoms with Crippen LogP contribution < -0.4 is 4.74 Å². The average Bonchev–Trinajstić information content (AvgIpc) is 2.69. The van der Waals surface area contributed by atoms with Crippen LogP contribution in [0.3, 0.4) is 0 Å². The van der Waals surface area contributed by atoms with E-state index in [0.717, 1.165) is 18.2 Å². The number of hydrogen-bond acceptors (Lipinski definition) is 6. The quantitative estimate of drug-likeness (QED) is 0.274. The van der Waals surface area contributed by atoms with Crippen molar-refractivity contribution in [2.24, 2.45) is 0 Å². The van der Waals surface area contributed by atoms with Gasteiger partial charge in [0.1, 0.15) is 11.7 Å². The fraction of sp³-hybridized carbons (Fsp3) is 0.0500. The molecule has 3 rings (SSSR count).